The number of aryl methyl sites for hydroxylation is 1. The summed E-state index contributed by atoms with van der Waals surface area (Å²) in [6.45, 7) is 12.4. The summed E-state index contributed by atoms with van der Waals surface area (Å²) in [6.07, 6.45) is -1.12. The molecule has 2 atom stereocenters. The van der Waals surface area contributed by atoms with Crippen molar-refractivity contribution < 1.29 is 33.4 Å². The minimum Gasteiger partial charge on any atom is -0.466 e. The molecule has 0 spiro atoms. The summed E-state index contributed by atoms with van der Waals surface area (Å²) >= 11 is 0. The van der Waals surface area contributed by atoms with Gasteiger partial charge in [0.1, 0.15) is 17.7 Å². The van der Waals surface area contributed by atoms with Gasteiger partial charge < -0.3 is 30.7 Å². The van der Waals surface area contributed by atoms with Gasteiger partial charge in [0.25, 0.3) is 0 Å². The van der Waals surface area contributed by atoms with Crippen molar-refractivity contribution in [3.05, 3.63) is 35.4 Å². The van der Waals surface area contributed by atoms with Crippen molar-refractivity contribution in [3.63, 3.8) is 0 Å². The third-order valence-electron chi connectivity index (χ3n) is 5.33. The van der Waals surface area contributed by atoms with Crippen LogP contribution < -0.4 is 16.4 Å². The number of alkyl carbamates (subject to hydrolysis) is 1. The van der Waals surface area contributed by atoms with Crippen molar-refractivity contribution in [3.8, 4) is 0 Å². The number of hydrogen-bond donors (Lipinski definition) is 3. The number of nitrogens with two attached hydrogens (primary N) is 1. The Hall–Kier alpha value is -3.63. The molecule has 11 heteroatoms. The SMILES string of the molecule is CCOC(=O)CCNC(=O)C(c1ccc(C)cc1)N(C(=O)C(CCC(N)=O)NC(=O)OC(C)(C)C)C(C)C. The van der Waals surface area contributed by atoms with Crippen LogP contribution in [0.25, 0.3) is 0 Å². The zero-order valence-corrected chi connectivity index (χ0v) is 23.5. The van der Waals surface area contributed by atoms with E-state index in [1.807, 2.05) is 19.1 Å². The number of rotatable bonds is 13. The van der Waals surface area contributed by atoms with Gasteiger partial charge in [0.15, 0.2) is 0 Å². The molecule has 0 bridgehead atoms. The maximum Gasteiger partial charge on any atom is 0.408 e. The molecule has 38 heavy (non-hydrogen) atoms. The van der Waals surface area contributed by atoms with Gasteiger partial charge in [-0.3, -0.25) is 19.2 Å². The molecular weight excluding hydrogens is 492 g/mol. The topological polar surface area (TPSA) is 157 Å². The first-order chi connectivity index (χ1) is 17.7. The molecular formula is C27H42N4O7. The van der Waals surface area contributed by atoms with E-state index in [2.05, 4.69) is 10.6 Å². The predicted octanol–water partition coefficient (Wildman–Crippen LogP) is 2.50. The van der Waals surface area contributed by atoms with Crippen LogP contribution in [-0.4, -0.2) is 65.5 Å². The molecule has 0 radical (unpaired) electrons. The van der Waals surface area contributed by atoms with Gasteiger partial charge in [0, 0.05) is 19.0 Å². The monoisotopic (exact) mass is 534 g/mol. The van der Waals surface area contributed by atoms with E-state index in [9.17, 15) is 24.0 Å². The van der Waals surface area contributed by atoms with Gasteiger partial charge in [-0.05, 0) is 60.5 Å². The number of esters is 1. The smallest absolute Gasteiger partial charge is 0.408 e. The molecule has 212 valence electrons. The summed E-state index contributed by atoms with van der Waals surface area (Å²) in [5.41, 5.74) is 6.00. The maximum atomic E-state index is 13.9. The van der Waals surface area contributed by atoms with Crippen molar-refractivity contribution in [1.82, 2.24) is 15.5 Å². The van der Waals surface area contributed by atoms with Crippen LogP contribution in [0.5, 0.6) is 0 Å². The number of amides is 4. The Kier molecular flexibility index (Phi) is 12.7. The van der Waals surface area contributed by atoms with Gasteiger partial charge in [0.2, 0.25) is 17.7 Å². The molecule has 0 aromatic heterocycles. The van der Waals surface area contributed by atoms with E-state index < -0.39 is 53.5 Å². The van der Waals surface area contributed by atoms with Crippen molar-refractivity contribution in [2.75, 3.05) is 13.2 Å². The number of primary amides is 1. The summed E-state index contributed by atoms with van der Waals surface area (Å²) in [4.78, 5) is 64.5. The summed E-state index contributed by atoms with van der Waals surface area (Å²) in [5.74, 6) is -2.19. The number of benzene rings is 1. The molecule has 0 aliphatic carbocycles. The number of carbonyl (C=O) groups excluding carboxylic acids is 5. The van der Waals surface area contributed by atoms with Crippen LogP contribution in [0.2, 0.25) is 0 Å². The molecule has 0 saturated heterocycles. The zero-order valence-electron chi connectivity index (χ0n) is 23.5. The third kappa shape index (κ3) is 11.2. The van der Waals surface area contributed by atoms with E-state index in [4.69, 9.17) is 15.2 Å². The first-order valence-corrected chi connectivity index (χ1v) is 12.8. The molecule has 4 N–H and O–H groups in total. The van der Waals surface area contributed by atoms with Gasteiger partial charge in [-0.1, -0.05) is 29.8 Å². The molecule has 0 saturated carbocycles. The van der Waals surface area contributed by atoms with Crippen LogP contribution in [0.15, 0.2) is 24.3 Å². The van der Waals surface area contributed by atoms with Gasteiger partial charge in [-0.15, -0.1) is 0 Å². The first kappa shape index (κ1) is 32.4. The Morgan fingerprint density at radius 2 is 1.63 bits per heavy atom. The molecule has 1 rings (SSSR count). The van der Waals surface area contributed by atoms with Gasteiger partial charge in [-0.25, -0.2) is 4.79 Å². The highest BCUT2D eigenvalue weighted by Gasteiger charge is 2.37. The lowest BCUT2D eigenvalue weighted by atomic mass is 9.99. The van der Waals surface area contributed by atoms with E-state index in [0.717, 1.165) is 5.56 Å². The molecule has 0 aliphatic heterocycles. The maximum absolute atomic E-state index is 13.9. The molecule has 4 amide bonds. The first-order valence-electron chi connectivity index (χ1n) is 12.8. The van der Waals surface area contributed by atoms with Crippen molar-refractivity contribution in [1.29, 1.82) is 0 Å². The summed E-state index contributed by atoms with van der Waals surface area (Å²) < 4.78 is 10.2. The fourth-order valence-corrected chi connectivity index (χ4v) is 3.66. The molecule has 11 nitrogen and oxygen atoms in total. The quantitative estimate of drug-likeness (QED) is 0.328. The lowest BCUT2D eigenvalue weighted by Gasteiger charge is -2.37. The summed E-state index contributed by atoms with van der Waals surface area (Å²) in [7, 11) is 0. The highest BCUT2D eigenvalue weighted by molar-refractivity contribution is 5.92. The highest BCUT2D eigenvalue weighted by atomic mass is 16.6. The van der Waals surface area contributed by atoms with E-state index in [1.54, 1.807) is 53.7 Å². The molecule has 0 heterocycles. The fourth-order valence-electron chi connectivity index (χ4n) is 3.66. The Bertz CT molecular complexity index is 971. The normalized spacial score (nSPS) is 12.7. The van der Waals surface area contributed by atoms with Crippen LogP contribution in [0.1, 0.15) is 78.0 Å². The van der Waals surface area contributed by atoms with Gasteiger partial charge in [0.05, 0.1) is 13.0 Å². The molecule has 0 aliphatic rings. The highest BCUT2D eigenvalue weighted by Crippen LogP contribution is 2.26. The van der Waals surface area contributed by atoms with Crippen molar-refractivity contribution in [2.24, 2.45) is 5.73 Å². The van der Waals surface area contributed by atoms with E-state index >= 15 is 0 Å². The van der Waals surface area contributed by atoms with Crippen LogP contribution in [0, 0.1) is 6.92 Å². The lowest BCUT2D eigenvalue weighted by molar-refractivity contribution is -0.146. The van der Waals surface area contributed by atoms with E-state index in [1.165, 1.54) is 4.90 Å². The number of ether oxygens (including phenoxy) is 2. The zero-order chi connectivity index (χ0) is 29.0. The molecule has 1 aromatic rings. The predicted molar refractivity (Wildman–Crippen MR) is 142 cm³/mol. The van der Waals surface area contributed by atoms with Crippen molar-refractivity contribution >= 4 is 29.8 Å². The minimum absolute atomic E-state index is 0.0153. The second kappa shape index (κ2) is 14.9. The standard InChI is InChI=1S/C27H42N4O7/c1-8-37-22(33)15-16-29-24(34)23(19-11-9-18(4)10-12-19)31(17(2)3)25(35)20(13-14-21(28)32)30-26(36)38-27(5,6)7/h9-12,17,20,23H,8,13-16H2,1-7H3,(H2,28,32)(H,29,34)(H,30,36). The molecule has 2 unspecified atom stereocenters. The van der Waals surface area contributed by atoms with Crippen LogP contribution >= 0.6 is 0 Å². The van der Waals surface area contributed by atoms with Gasteiger partial charge in [-0.2, -0.15) is 0 Å². The molecule has 1 aromatic carbocycles. The number of nitrogens with zero attached hydrogens (tertiary/aromatic N) is 1. The fraction of sp³-hybridized carbons (Fsp3) is 0.593. The lowest BCUT2D eigenvalue weighted by Crippen LogP contribution is -2.55. The average Bonchev–Trinajstić information content (AvgIpc) is 2.79. The van der Waals surface area contributed by atoms with Crippen LogP contribution in [0.3, 0.4) is 0 Å². The number of carbonyl (C=O) groups is 5. The summed E-state index contributed by atoms with van der Waals surface area (Å²) in [6, 6.07) is 4.38. The van der Waals surface area contributed by atoms with E-state index in [0.29, 0.717) is 5.56 Å². The second-order valence-corrected chi connectivity index (χ2v) is 10.2. The Labute approximate surface area is 224 Å². The molecule has 0 fully saturated rings. The van der Waals surface area contributed by atoms with Crippen LogP contribution in [0.4, 0.5) is 4.79 Å². The largest absolute Gasteiger partial charge is 0.466 e. The number of nitrogens with one attached hydrogen (secondary N) is 2. The Balaban J connectivity index is 3.37. The van der Waals surface area contributed by atoms with Crippen molar-refractivity contribution in [2.45, 2.75) is 91.5 Å². The van der Waals surface area contributed by atoms with E-state index in [-0.39, 0.29) is 32.4 Å². The summed E-state index contributed by atoms with van der Waals surface area (Å²) in [5, 5.41) is 5.25. The van der Waals surface area contributed by atoms with Crippen LogP contribution in [-0.2, 0) is 28.7 Å². The minimum atomic E-state index is -1.18. The third-order valence-corrected chi connectivity index (χ3v) is 5.33. The number of hydrogen-bond acceptors (Lipinski definition) is 7. The Morgan fingerprint density at radius 1 is 1.03 bits per heavy atom. The Morgan fingerprint density at radius 3 is 2.13 bits per heavy atom. The van der Waals surface area contributed by atoms with Gasteiger partial charge >= 0.3 is 12.1 Å². The average molecular weight is 535 g/mol. The second-order valence-electron chi connectivity index (χ2n) is 10.2.